The molecule has 0 saturated carbocycles. The number of phenolic OH excluding ortho intramolecular Hbond substituents is 2. The van der Waals surface area contributed by atoms with Crippen molar-refractivity contribution in [2.45, 2.75) is 13.8 Å². The number of fused-ring (bicyclic) bond motifs is 2. The Morgan fingerprint density at radius 3 is 1.27 bits per heavy atom. The summed E-state index contributed by atoms with van der Waals surface area (Å²) < 4.78 is 6.14. The molecule has 8 nitrogen and oxygen atoms in total. The van der Waals surface area contributed by atoms with E-state index in [2.05, 4.69) is 106 Å². The van der Waals surface area contributed by atoms with Crippen molar-refractivity contribution in [1.82, 2.24) is 19.1 Å². The lowest BCUT2D eigenvalue weighted by Gasteiger charge is -2.15. The Morgan fingerprint density at radius 1 is 0.568 bits per heavy atom. The summed E-state index contributed by atoms with van der Waals surface area (Å²) in [6.45, 7) is 3.51. The van der Waals surface area contributed by atoms with E-state index in [-0.39, 0.29) is 22.6 Å². The largest absolute Gasteiger partial charge is 0.505 e. The van der Waals surface area contributed by atoms with E-state index in [1.165, 1.54) is 9.13 Å². The van der Waals surface area contributed by atoms with Crippen LogP contribution in [0, 0.1) is 13.8 Å². The Labute approximate surface area is 300 Å². The van der Waals surface area contributed by atoms with Crippen LogP contribution in [-0.2, 0) is 0 Å². The molecule has 14 heteroatoms. The number of nitrogens with zero attached hydrogens (tertiary/aromatic N) is 4. The van der Waals surface area contributed by atoms with E-state index in [0.717, 1.165) is 0 Å². The average Bonchev–Trinajstić information content (AvgIpc) is 2.98. The van der Waals surface area contributed by atoms with Gasteiger partial charge in [-0.15, -0.1) is 0 Å². The molecule has 6 rings (SSSR count). The molecular weight excluding hydrogens is 960 g/mol. The van der Waals surface area contributed by atoms with E-state index in [4.69, 9.17) is 0 Å². The van der Waals surface area contributed by atoms with Gasteiger partial charge in [-0.1, -0.05) is 24.3 Å². The van der Waals surface area contributed by atoms with Crippen molar-refractivity contribution in [2.75, 3.05) is 0 Å². The molecule has 0 radical (unpaired) electrons. The van der Waals surface area contributed by atoms with Gasteiger partial charge >= 0.3 is 0 Å². The fraction of sp³-hybridized carbons (Fsp3) is 0.0667. The summed E-state index contributed by atoms with van der Waals surface area (Å²) in [6.07, 6.45) is 0. The second-order valence-electron chi connectivity index (χ2n) is 9.34. The minimum Gasteiger partial charge on any atom is -0.505 e. The highest BCUT2D eigenvalue weighted by atomic mass is 79.9. The molecule has 0 aliphatic rings. The van der Waals surface area contributed by atoms with E-state index < -0.39 is 0 Å². The molecule has 2 aromatic heterocycles. The first kappa shape index (κ1) is 33.0. The highest BCUT2D eigenvalue weighted by Gasteiger charge is 2.21. The summed E-state index contributed by atoms with van der Waals surface area (Å²) in [7, 11) is 0. The second-order valence-corrected chi connectivity index (χ2v) is 14.3. The summed E-state index contributed by atoms with van der Waals surface area (Å²) in [5.41, 5.74) is 1.95. The van der Waals surface area contributed by atoms with E-state index in [1.807, 2.05) is 12.1 Å². The van der Waals surface area contributed by atoms with Crippen LogP contribution >= 0.6 is 95.6 Å². The minimum atomic E-state index is -0.189. The molecule has 0 aliphatic heterocycles. The number of hydrogen-bond donors (Lipinski definition) is 2. The van der Waals surface area contributed by atoms with E-state index in [9.17, 15) is 19.8 Å². The van der Waals surface area contributed by atoms with Crippen LogP contribution in [0.15, 0.2) is 97.1 Å². The first-order valence-corrected chi connectivity index (χ1v) is 17.3. The standard InChI is InChI=1S/2C15H9Br3N2O2/c2*1-7-19-11-5-3-2-4-8(11)15(22)20(7)13-9(16)6-10(17)14(21)12(13)18/h2*2-6,21H,1H3. The number of para-hydroxylation sites is 2. The molecule has 0 amide bonds. The predicted molar refractivity (Wildman–Crippen MR) is 194 cm³/mol. The lowest BCUT2D eigenvalue weighted by Crippen LogP contribution is -2.23. The van der Waals surface area contributed by atoms with Gasteiger partial charge < -0.3 is 10.2 Å². The van der Waals surface area contributed by atoms with Crippen LogP contribution in [0.25, 0.3) is 33.2 Å². The Hall–Kier alpha value is -2.36. The fourth-order valence-corrected chi connectivity index (χ4v) is 9.51. The van der Waals surface area contributed by atoms with Gasteiger partial charge in [0.25, 0.3) is 11.1 Å². The van der Waals surface area contributed by atoms with Crippen molar-refractivity contribution in [1.29, 1.82) is 0 Å². The van der Waals surface area contributed by atoms with Gasteiger partial charge in [0.15, 0.2) is 0 Å². The molecule has 6 aromatic rings. The number of halogens is 6. The lowest BCUT2D eigenvalue weighted by molar-refractivity contribution is 0.467. The third kappa shape index (κ3) is 5.96. The molecule has 2 N–H and O–H groups in total. The van der Waals surface area contributed by atoms with Crippen molar-refractivity contribution in [3.05, 3.63) is 120 Å². The van der Waals surface area contributed by atoms with E-state index in [1.54, 1.807) is 62.4 Å². The maximum absolute atomic E-state index is 12.8. The Kier molecular flexibility index (Phi) is 9.88. The summed E-state index contributed by atoms with van der Waals surface area (Å²) in [6, 6.07) is 17.7. The SMILES string of the molecule is Cc1nc2ccccc2c(=O)n1-c1c(Br)cc(Br)c(O)c1Br.Cc1nc2ccccc2c(=O)n1-c1c(Br)cc(Br)c(O)c1Br. The van der Waals surface area contributed by atoms with Crippen LogP contribution in [0.5, 0.6) is 11.5 Å². The molecule has 0 saturated heterocycles. The summed E-state index contributed by atoms with van der Waals surface area (Å²) in [5, 5.41) is 21.3. The molecular formula is C30H18Br6N4O4. The highest BCUT2D eigenvalue weighted by molar-refractivity contribution is 9.12. The maximum Gasteiger partial charge on any atom is 0.266 e. The van der Waals surface area contributed by atoms with Gasteiger partial charge in [0.1, 0.15) is 23.1 Å². The number of hydrogen-bond acceptors (Lipinski definition) is 6. The first-order valence-electron chi connectivity index (χ1n) is 12.5. The topological polar surface area (TPSA) is 110 Å². The van der Waals surface area contributed by atoms with E-state index >= 15 is 0 Å². The molecule has 0 aliphatic carbocycles. The van der Waals surface area contributed by atoms with Crippen LogP contribution in [-0.4, -0.2) is 29.3 Å². The van der Waals surface area contributed by atoms with Crippen molar-refractivity contribution in [3.63, 3.8) is 0 Å². The smallest absolute Gasteiger partial charge is 0.266 e. The number of aromatic nitrogens is 4. The zero-order valence-electron chi connectivity index (χ0n) is 22.5. The minimum absolute atomic E-state index is 0.0256. The Bertz CT molecular complexity index is 2090. The molecule has 0 bridgehead atoms. The number of benzene rings is 4. The van der Waals surface area contributed by atoms with Crippen LogP contribution in [0.3, 0.4) is 0 Å². The summed E-state index contributed by atoms with van der Waals surface area (Å²) in [5.74, 6) is 1.12. The number of phenols is 2. The molecule has 0 fully saturated rings. The number of aryl methyl sites for hydroxylation is 2. The van der Waals surface area contributed by atoms with Gasteiger partial charge in [-0.25, -0.2) is 9.97 Å². The van der Waals surface area contributed by atoms with Crippen LogP contribution in [0.1, 0.15) is 11.6 Å². The number of rotatable bonds is 2. The van der Waals surface area contributed by atoms with Gasteiger partial charge in [0.05, 0.1) is 51.1 Å². The molecule has 0 unspecified atom stereocenters. The van der Waals surface area contributed by atoms with Crippen molar-refractivity contribution < 1.29 is 10.2 Å². The third-order valence-electron chi connectivity index (χ3n) is 6.58. The average molecular weight is 978 g/mol. The monoisotopic (exact) mass is 972 g/mol. The molecule has 4 aromatic carbocycles. The van der Waals surface area contributed by atoms with Gasteiger partial charge in [-0.2, -0.15) is 0 Å². The molecule has 224 valence electrons. The van der Waals surface area contributed by atoms with Crippen LogP contribution in [0.4, 0.5) is 0 Å². The zero-order chi connectivity index (χ0) is 32.0. The maximum atomic E-state index is 12.8. The highest BCUT2D eigenvalue weighted by Crippen LogP contribution is 2.42. The lowest BCUT2D eigenvalue weighted by atomic mass is 10.2. The Balaban J connectivity index is 0.000000175. The van der Waals surface area contributed by atoms with E-state index in [0.29, 0.717) is 71.7 Å². The predicted octanol–water partition coefficient (Wildman–Crippen LogP) is 9.37. The second kappa shape index (κ2) is 13.2. The zero-order valence-corrected chi connectivity index (χ0v) is 32.1. The summed E-state index contributed by atoms with van der Waals surface area (Å²) in [4.78, 5) is 34.6. The molecule has 44 heavy (non-hydrogen) atoms. The fourth-order valence-electron chi connectivity index (χ4n) is 4.56. The van der Waals surface area contributed by atoms with Gasteiger partial charge in [-0.05, 0) is 146 Å². The van der Waals surface area contributed by atoms with Crippen LogP contribution < -0.4 is 11.1 Å². The van der Waals surface area contributed by atoms with Gasteiger partial charge in [0.2, 0.25) is 0 Å². The summed E-state index contributed by atoms with van der Waals surface area (Å²) >= 11 is 20.1. The van der Waals surface area contributed by atoms with Gasteiger partial charge in [0, 0.05) is 8.95 Å². The molecule has 2 heterocycles. The quantitative estimate of drug-likeness (QED) is 0.179. The third-order valence-corrected chi connectivity index (χ3v) is 10.5. The first-order chi connectivity index (χ1) is 20.8. The van der Waals surface area contributed by atoms with Crippen molar-refractivity contribution in [2.24, 2.45) is 0 Å². The molecule has 0 spiro atoms. The van der Waals surface area contributed by atoms with Crippen molar-refractivity contribution in [3.8, 4) is 22.9 Å². The van der Waals surface area contributed by atoms with Gasteiger partial charge in [-0.3, -0.25) is 18.7 Å². The van der Waals surface area contributed by atoms with Crippen molar-refractivity contribution >= 4 is 117 Å². The molecule has 0 atom stereocenters. The number of aromatic hydroxyl groups is 2. The van der Waals surface area contributed by atoms with Crippen LogP contribution in [0.2, 0.25) is 0 Å². The normalized spacial score (nSPS) is 11.1. The Morgan fingerprint density at radius 2 is 0.909 bits per heavy atom.